The summed E-state index contributed by atoms with van der Waals surface area (Å²) < 4.78 is 5.72. The number of ether oxygens (including phenoxy) is 1. The van der Waals surface area contributed by atoms with Crippen LogP contribution in [0.1, 0.15) is 38.2 Å². The van der Waals surface area contributed by atoms with E-state index in [9.17, 15) is 0 Å². The van der Waals surface area contributed by atoms with Crippen LogP contribution >= 0.6 is 0 Å². The zero-order valence-corrected chi connectivity index (χ0v) is 10.4. The lowest BCUT2D eigenvalue weighted by molar-refractivity contribution is 0.304. The summed E-state index contributed by atoms with van der Waals surface area (Å²) in [5.41, 5.74) is 0.963. The molecule has 1 aromatic carbocycles. The number of nitrogens with zero attached hydrogens (tertiary/aromatic N) is 1. The van der Waals surface area contributed by atoms with Gasteiger partial charge >= 0.3 is 0 Å². The molecule has 0 atom stereocenters. The average molecular weight is 229 g/mol. The summed E-state index contributed by atoms with van der Waals surface area (Å²) in [6, 6.07) is 9.78. The van der Waals surface area contributed by atoms with Crippen LogP contribution < -0.4 is 4.74 Å². The van der Waals surface area contributed by atoms with Crippen molar-refractivity contribution in [1.82, 2.24) is 0 Å². The third-order valence-electron chi connectivity index (χ3n) is 2.51. The highest BCUT2D eigenvalue weighted by Crippen LogP contribution is 2.19. The Hall–Kier alpha value is -1.75. The number of nitriles is 1. The van der Waals surface area contributed by atoms with Gasteiger partial charge in [0.25, 0.3) is 0 Å². The Morgan fingerprint density at radius 3 is 2.82 bits per heavy atom. The lowest BCUT2D eigenvalue weighted by atomic mass is 10.2. The van der Waals surface area contributed by atoms with Crippen molar-refractivity contribution < 1.29 is 4.74 Å². The fourth-order valence-electron chi connectivity index (χ4n) is 1.59. The molecule has 0 N–H and O–H groups in total. The molecule has 0 radical (unpaired) electrons. The van der Waals surface area contributed by atoms with E-state index in [-0.39, 0.29) is 0 Å². The predicted octanol–water partition coefficient (Wildman–Crippen LogP) is 4.18. The molecule has 2 heteroatoms. The first-order chi connectivity index (χ1) is 8.38. The van der Waals surface area contributed by atoms with Crippen LogP contribution in [0.2, 0.25) is 0 Å². The number of rotatable bonds is 7. The largest absolute Gasteiger partial charge is 0.493 e. The standard InChI is InChI=1S/C15H19NO/c1-2-3-4-7-13-17-15-11-6-5-9-14(15)10-8-12-16/h5-6,8-11H,2-4,7,13H2,1H3/b10-8+. The van der Waals surface area contributed by atoms with Gasteiger partial charge in [-0.3, -0.25) is 0 Å². The molecule has 1 rings (SSSR count). The van der Waals surface area contributed by atoms with Gasteiger partial charge in [-0.1, -0.05) is 44.4 Å². The van der Waals surface area contributed by atoms with Gasteiger partial charge in [0.05, 0.1) is 12.7 Å². The average Bonchev–Trinajstić information content (AvgIpc) is 2.37. The Kier molecular flexibility index (Phi) is 6.59. The Labute approximate surface area is 104 Å². The second-order valence-electron chi connectivity index (χ2n) is 3.91. The number of hydrogen-bond donors (Lipinski definition) is 0. The maximum absolute atomic E-state index is 8.51. The quantitative estimate of drug-likeness (QED) is 0.519. The minimum atomic E-state index is 0.747. The highest BCUT2D eigenvalue weighted by molar-refractivity contribution is 5.58. The van der Waals surface area contributed by atoms with E-state index in [0.29, 0.717) is 0 Å². The van der Waals surface area contributed by atoms with E-state index >= 15 is 0 Å². The van der Waals surface area contributed by atoms with Gasteiger partial charge in [-0.15, -0.1) is 0 Å². The van der Waals surface area contributed by atoms with E-state index in [1.807, 2.05) is 30.3 Å². The topological polar surface area (TPSA) is 33.0 Å². The van der Waals surface area contributed by atoms with Crippen LogP contribution in [-0.4, -0.2) is 6.61 Å². The first-order valence-electron chi connectivity index (χ1n) is 6.16. The van der Waals surface area contributed by atoms with Crippen LogP contribution in [0.5, 0.6) is 5.75 Å². The molecule has 0 spiro atoms. The summed E-state index contributed by atoms with van der Waals surface area (Å²) >= 11 is 0. The van der Waals surface area contributed by atoms with Gasteiger partial charge in [-0.25, -0.2) is 0 Å². The van der Waals surface area contributed by atoms with Crippen LogP contribution in [0.4, 0.5) is 0 Å². The molecule has 0 saturated heterocycles. The van der Waals surface area contributed by atoms with E-state index in [2.05, 4.69) is 6.92 Å². The van der Waals surface area contributed by atoms with Gasteiger partial charge in [0.2, 0.25) is 0 Å². The summed E-state index contributed by atoms with van der Waals surface area (Å²) in [6.45, 7) is 2.94. The Balaban J connectivity index is 2.47. The van der Waals surface area contributed by atoms with Crippen LogP contribution in [0.25, 0.3) is 6.08 Å². The lowest BCUT2D eigenvalue weighted by Crippen LogP contribution is -1.98. The molecule has 0 fully saturated rings. The zero-order valence-electron chi connectivity index (χ0n) is 10.4. The van der Waals surface area contributed by atoms with Crippen LogP contribution in [0.3, 0.4) is 0 Å². The lowest BCUT2D eigenvalue weighted by Gasteiger charge is -2.08. The van der Waals surface area contributed by atoms with Crippen molar-refractivity contribution in [2.75, 3.05) is 6.61 Å². The molecule has 17 heavy (non-hydrogen) atoms. The molecule has 0 aromatic heterocycles. The van der Waals surface area contributed by atoms with Crippen molar-refractivity contribution in [3.05, 3.63) is 35.9 Å². The van der Waals surface area contributed by atoms with Crippen molar-refractivity contribution in [3.8, 4) is 11.8 Å². The molecule has 0 aliphatic carbocycles. The molecule has 0 saturated carbocycles. The van der Waals surface area contributed by atoms with E-state index in [4.69, 9.17) is 10.00 Å². The first kappa shape index (κ1) is 13.3. The summed E-state index contributed by atoms with van der Waals surface area (Å²) in [7, 11) is 0. The fourth-order valence-corrected chi connectivity index (χ4v) is 1.59. The summed E-state index contributed by atoms with van der Waals surface area (Å²) in [5.74, 6) is 0.857. The molecular formula is C15H19NO. The molecule has 2 nitrogen and oxygen atoms in total. The molecule has 0 aliphatic heterocycles. The second-order valence-corrected chi connectivity index (χ2v) is 3.91. The SMILES string of the molecule is CCCCCCOc1ccccc1/C=C/C#N. The number of allylic oxidation sites excluding steroid dienone is 1. The molecule has 0 amide bonds. The molecule has 1 aromatic rings. The van der Waals surface area contributed by atoms with E-state index in [1.165, 1.54) is 25.3 Å². The van der Waals surface area contributed by atoms with Gasteiger partial charge in [0.15, 0.2) is 0 Å². The van der Waals surface area contributed by atoms with Gasteiger partial charge in [0.1, 0.15) is 5.75 Å². The highest BCUT2D eigenvalue weighted by atomic mass is 16.5. The summed E-state index contributed by atoms with van der Waals surface area (Å²) in [5, 5.41) is 8.51. The van der Waals surface area contributed by atoms with Crippen LogP contribution in [0, 0.1) is 11.3 Å². The second kappa shape index (κ2) is 8.41. The van der Waals surface area contributed by atoms with Gasteiger partial charge in [0, 0.05) is 11.6 Å². The Morgan fingerprint density at radius 2 is 2.06 bits per heavy atom. The molecule has 0 unspecified atom stereocenters. The normalized spacial score (nSPS) is 10.4. The van der Waals surface area contributed by atoms with Gasteiger partial charge in [-0.05, 0) is 18.6 Å². The molecule has 0 aliphatic rings. The minimum absolute atomic E-state index is 0.747. The van der Waals surface area contributed by atoms with Crippen molar-refractivity contribution in [3.63, 3.8) is 0 Å². The van der Waals surface area contributed by atoms with E-state index < -0.39 is 0 Å². The van der Waals surface area contributed by atoms with E-state index in [1.54, 1.807) is 6.08 Å². The third kappa shape index (κ3) is 5.21. The van der Waals surface area contributed by atoms with Crippen molar-refractivity contribution >= 4 is 6.08 Å². The van der Waals surface area contributed by atoms with Gasteiger partial charge in [-0.2, -0.15) is 5.26 Å². The molecule has 0 bridgehead atoms. The number of benzene rings is 1. The summed E-state index contributed by atoms with van der Waals surface area (Å²) in [4.78, 5) is 0. The predicted molar refractivity (Wildman–Crippen MR) is 70.7 cm³/mol. The van der Waals surface area contributed by atoms with Crippen molar-refractivity contribution in [2.45, 2.75) is 32.6 Å². The zero-order chi connectivity index (χ0) is 12.3. The van der Waals surface area contributed by atoms with E-state index in [0.717, 1.165) is 24.3 Å². The molecule has 0 heterocycles. The Bertz CT molecular complexity index is 390. The number of hydrogen-bond acceptors (Lipinski definition) is 2. The highest BCUT2D eigenvalue weighted by Gasteiger charge is 1.98. The monoisotopic (exact) mass is 229 g/mol. The maximum atomic E-state index is 8.51. The van der Waals surface area contributed by atoms with Gasteiger partial charge < -0.3 is 4.74 Å². The third-order valence-corrected chi connectivity index (χ3v) is 2.51. The maximum Gasteiger partial charge on any atom is 0.126 e. The minimum Gasteiger partial charge on any atom is -0.493 e. The van der Waals surface area contributed by atoms with Crippen molar-refractivity contribution in [2.24, 2.45) is 0 Å². The molecule has 90 valence electrons. The summed E-state index contributed by atoms with van der Waals surface area (Å²) in [6.07, 6.45) is 8.05. The van der Waals surface area contributed by atoms with Crippen molar-refractivity contribution in [1.29, 1.82) is 5.26 Å². The number of unbranched alkanes of at least 4 members (excludes halogenated alkanes) is 3. The Morgan fingerprint density at radius 1 is 1.24 bits per heavy atom. The number of para-hydroxylation sites is 1. The molecular weight excluding hydrogens is 210 g/mol. The van der Waals surface area contributed by atoms with Crippen LogP contribution in [-0.2, 0) is 0 Å². The first-order valence-corrected chi connectivity index (χ1v) is 6.16. The smallest absolute Gasteiger partial charge is 0.126 e. The fraction of sp³-hybridized carbons (Fsp3) is 0.400. The van der Waals surface area contributed by atoms with Crippen LogP contribution in [0.15, 0.2) is 30.3 Å².